The predicted molar refractivity (Wildman–Crippen MR) is 114 cm³/mol. The molecule has 0 aliphatic rings. The van der Waals surface area contributed by atoms with Crippen LogP contribution in [0.15, 0.2) is 17.0 Å². The van der Waals surface area contributed by atoms with Gasteiger partial charge in [0.1, 0.15) is 0 Å². The van der Waals surface area contributed by atoms with Gasteiger partial charge in [0.25, 0.3) is 0 Å². The Labute approximate surface area is 161 Å². The van der Waals surface area contributed by atoms with Gasteiger partial charge >= 0.3 is 0 Å². The second kappa shape index (κ2) is 7.00. The Hall–Kier alpha value is -0.930. The van der Waals surface area contributed by atoms with E-state index >= 15 is 0 Å². The van der Waals surface area contributed by atoms with Gasteiger partial charge in [0.15, 0.2) is 0 Å². The van der Waals surface area contributed by atoms with E-state index in [9.17, 15) is 7.62 Å². The number of halogens is 1. The quantitative estimate of drug-likeness (QED) is 0.543. The number of nitrogens with zero attached hydrogens (tertiary/aromatic N) is 2. The Bertz CT molecular complexity index is 803. The first-order valence-electron chi connectivity index (χ1n) is 8.15. The van der Waals surface area contributed by atoms with Crippen LogP contribution in [0.2, 0.25) is 0 Å². The van der Waals surface area contributed by atoms with E-state index in [0.717, 1.165) is 33.1 Å². The smallest absolute Gasteiger partial charge is 0.246 e. The van der Waals surface area contributed by atoms with E-state index in [1.165, 1.54) is 5.56 Å². The van der Waals surface area contributed by atoms with Gasteiger partial charge in [-0.1, -0.05) is 32.9 Å². The number of hydrogen-bond acceptors (Lipinski definition) is 4. The number of aromatic nitrogens is 2. The van der Waals surface area contributed by atoms with Crippen molar-refractivity contribution >= 4 is 33.2 Å². The summed E-state index contributed by atoms with van der Waals surface area (Å²) in [7, 11) is -0.749. The average Bonchev–Trinajstić information content (AvgIpc) is 2.72. The second-order valence-electron chi connectivity index (χ2n) is 7.53. The standard InChI is InChI=1S/C18H28IN3O2S/c1-11-9-15(18(5,6)7)10-12(2)17(11)25(24,19-23)21-16-13(3)20-22(8)14(16)4/h9-10,21,24H,1-8H3. The maximum Gasteiger partial charge on any atom is 0.246 e. The van der Waals surface area contributed by atoms with Crippen LogP contribution in [-0.4, -0.2) is 14.3 Å². The zero-order valence-corrected chi connectivity index (χ0v) is 19.2. The first kappa shape index (κ1) is 20.4. The summed E-state index contributed by atoms with van der Waals surface area (Å²) < 4.78 is 28.5. The maximum atomic E-state index is 12.2. The van der Waals surface area contributed by atoms with Crippen molar-refractivity contribution < 1.29 is 7.62 Å². The van der Waals surface area contributed by atoms with Crippen LogP contribution in [0.5, 0.6) is 0 Å². The fourth-order valence-corrected chi connectivity index (χ4v) is 8.25. The summed E-state index contributed by atoms with van der Waals surface area (Å²) in [4.78, 5) is 0.783. The Morgan fingerprint density at radius 3 is 2.04 bits per heavy atom. The van der Waals surface area contributed by atoms with Crippen LogP contribution < -0.4 is 4.72 Å². The summed E-state index contributed by atoms with van der Waals surface area (Å²) in [5.41, 5.74) is 5.68. The van der Waals surface area contributed by atoms with E-state index in [1.54, 1.807) is 4.68 Å². The lowest BCUT2D eigenvalue weighted by molar-refractivity contribution is 0.587. The molecule has 1 atom stereocenters. The Morgan fingerprint density at radius 2 is 1.68 bits per heavy atom. The predicted octanol–water partition coefficient (Wildman–Crippen LogP) is 5.85. The molecule has 7 heteroatoms. The van der Waals surface area contributed by atoms with Crippen molar-refractivity contribution in [2.45, 2.75) is 58.8 Å². The molecule has 1 heterocycles. The van der Waals surface area contributed by atoms with E-state index in [1.807, 2.05) is 34.7 Å². The lowest BCUT2D eigenvalue weighted by Crippen LogP contribution is -2.14. The van der Waals surface area contributed by atoms with Crippen molar-refractivity contribution in [3.63, 3.8) is 0 Å². The van der Waals surface area contributed by atoms with Gasteiger partial charge in [-0.2, -0.15) is 5.10 Å². The molecule has 0 aliphatic heterocycles. The molecule has 0 saturated heterocycles. The van der Waals surface area contributed by atoms with E-state index in [2.05, 4.69) is 42.7 Å². The summed E-state index contributed by atoms with van der Waals surface area (Å²) in [5, 5.41) is 4.38. The molecule has 1 aromatic carbocycles. The molecule has 2 aromatic rings. The van der Waals surface area contributed by atoms with Crippen molar-refractivity contribution in [3.8, 4) is 0 Å². The summed E-state index contributed by atoms with van der Waals surface area (Å²) in [6, 6.07) is 4.20. The van der Waals surface area contributed by atoms with Gasteiger partial charge in [-0.3, -0.25) is 7.75 Å². The summed E-state index contributed by atoms with van der Waals surface area (Å²) in [6.07, 6.45) is 0. The molecular weight excluding hydrogens is 449 g/mol. The van der Waals surface area contributed by atoms with Crippen molar-refractivity contribution in [1.29, 1.82) is 0 Å². The average molecular weight is 477 g/mol. The largest absolute Gasteiger partial charge is 0.319 e. The molecule has 2 rings (SSSR count). The number of hydrogen-bond donors (Lipinski definition) is 2. The number of nitrogens with one attached hydrogen (secondary N) is 1. The second-order valence-corrected chi connectivity index (χ2v) is 14.2. The van der Waals surface area contributed by atoms with E-state index < -0.39 is 27.5 Å². The minimum Gasteiger partial charge on any atom is -0.319 e. The highest BCUT2D eigenvalue weighted by Gasteiger charge is 2.31. The highest BCUT2D eigenvalue weighted by molar-refractivity contribution is 14.2. The first-order valence-corrected chi connectivity index (χ1v) is 13.2. The normalized spacial score (nSPS) is 15.7. The fraction of sp³-hybridized carbons (Fsp3) is 0.500. The Morgan fingerprint density at radius 1 is 1.16 bits per heavy atom. The summed E-state index contributed by atoms with van der Waals surface area (Å²) in [6.45, 7) is 14.3. The molecule has 0 amide bonds. The van der Waals surface area contributed by atoms with Crippen molar-refractivity contribution in [3.05, 3.63) is 40.2 Å². The van der Waals surface area contributed by atoms with E-state index in [4.69, 9.17) is 0 Å². The molecule has 1 unspecified atom stereocenters. The molecule has 1 aromatic heterocycles. The van der Waals surface area contributed by atoms with Gasteiger partial charge in [-0.05, 0) is 49.8 Å². The summed E-state index contributed by atoms with van der Waals surface area (Å²) >= 11 is -1.69. The molecular formula is C18H28IN3O2S. The number of benzene rings is 1. The lowest BCUT2D eigenvalue weighted by Gasteiger charge is -2.32. The molecule has 0 radical (unpaired) electrons. The molecule has 5 nitrogen and oxygen atoms in total. The number of rotatable bonds is 4. The topological polar surface area (TPSA) is 67.2 Å². The zero-order chi connectivity index (χ0) is 19.2. The highest BCUT2D eigenvalue weighted by atomic mass is 127. The van der Waals surface area contributed by atoms with Gasteiger partial charge in [-0.15, -0.1) is 0 Å². The zero-order valence-electron chi connectivity index (χ0n) is 16.2. The molecule has 0 spiro atoms. The van der Waals surface area contributed by atoms with Crippen LogP contribution in [-0.2, 0) is 15.5 Å². The minimum atomic E-state index is -2.61. The van der Waals surface area contributed by atoms with E-state index in [-0.39, 0.29) is 5.41 Å². The first-order chi connectivity index (χ1) is 11.4. The van der Waals surface area contributed by atoms with Crippen LogP contribution in [0.4, 0.5) is 5.69 Å². The lowest BCUT2D eigenvalue weighted by atomic mass is 9.85. The van der Waals surface area contributed by atoms with Crippen LogP contribution >= 0.6 is 27.5 Å². The number of anilines is 1. The van der Waals surface area contributed by atoms with Crippen molar-refractivity contribution in [1.82, 2.24) is 9.78 Å². The SMILES string of the molecule is Cc1cc(C(C)(C)C)cc(C)c1S(O)(Nc1c(C)nn(C)c1C)I=O. The molecule has 140 valence electrons. The van der Waals surface area contributed by atoms with Gasteiger partial charge in [0.05, 0.1) is 24.7 Å². The number of aryl methyl sites for hydroxylation is 4. The van der Waals surface area contributed by atoms with Gasteiger partial charge in [0, 0.05) is 11.9 Å². The molecule has 0 aliphatic carbocycles. The van der Waals surface area contributed by atoms with Crippen LogP contribution in [0.1, 0.15) is 48.8 Å². The third-order valence-electron chi connectivity index (χ3n) is 4.43. The van der Waals surface area contributed by atoms with Crippen molar-refractivity contribution in [2.75, 3.05) is 4.72 Å². The third-order valence-corrected chi connectivity index (χ3v) is 9.82. The Balaban J connectivity index is 2.58. The molecule has 0 fully saturated rings. The molecule has 0 bridgehead atoms. The monoisotopic (exact) mass is 477 g/mol. The fourth-order valence-electron chi connectivity index (χ4n) is 2.96. The van der Waals surface area contributed by atoms with Gasteiger partial charge < -0.3 is 9.27 Å². The maximum absolute atomic E-state index is 12.2. The minimum absolute atomic E-state index is 0.0258. The van der Waals surface area contributed by atoms with Crippen LogP contribution in [0.25, 0.3) is 0 Å². The highest BCUT2D eigenvalue weighted by Crippen LogP contribution is 2.64. The van der Waals surface area contributed by atoms with Crippen molar-refractivity contribution in [2.24, 2.45) is 7.05 Å². The molecule has 25 heavy (non-hydrogen) atoms. The third kappa shape index (κ3) is 3.93. The molecule has 2 N–H and O–H groups in total. The van der Waals surface area contributed by atoms with Crippen LogP contribution in [0.3, 0.4) is 0 Å². The van der Waals surface area contributed by atoms with E-state index in [0.29, 0.717) is 0 Å². The molecule has 0 saturated carbocycles. The van der Waals surface area contributed by atoms with Gasteiger partial charge in [0.2, 0.25) is 19.8 Å². The Kier molecular flexibility index (Phi) is 5.71. The van der Waals surface area contributed by atoms with Crippen LogP contribution in [0, 0.1) is 27.7 Å². The van der Waals surface area contributed by atoms with Gasteiger partial charge in [-0.25, -0.2) is 0 Å². The summed E-state index contributed by atoms with van der Waals surface area (Å²) in [5.74, 6) is 0.